The van der Waals surface area contributed by atoms with Gasteiger partial charge in [0.1, 0.15) is 5.82 Å². The van der Waals surface area contributed by atoms with Crippen LogP contribution in [0.25, 0.3) is 0 Å². The number of hydrogen-bond acceptors (Lipinski definition) is 4. The molecule has 122 valence electrons. The summed E-state index contributed by atoms with van der Waals surface area (Å²) >= 11 is 3.43. The molecule has 2 aromatic carbocycles. The van der Waals surface area contributed by atoms with Gasteiger partial charge in [0, 0.05) is 22.9 Å². The van der Waals surface area contributed by atoms with E-state index in [1.54, 1.807) is 6.20 Å². The summed E-state index contributed by atoms with van der Waals surface area (Å²) in [7, 11) is 0. The first-order valence-electron chi connectivity index (χ1n) is 7.93. The lowest BCUT2D eigenvalue weighted by molar-refractivity contribution is 0.853. The van der Waals surface area contributed by atoms with E-state index in [-0.39, 0.29) is 0 Å². The zero-order chi connectivity index (χ0) is 16.6. The number of aryl methyl sites for hydroxylation is 1. The third-order valence-electron chi connectivity index (χ3n) is 3.54. The van der Waals surface area contributed by atoms with Gasteiger partial charge in [0.05, 0.1) is 0 Å². The molecule has 2 N–H and O–H groups in total. The van der Waals surface area contributed by atoms with Crippen LogP contribution < -0.4 is 10.6 Å². The van der Waals surface area contributed by atoms with Crippen LogP contribution in [0.4, 0.5) is 17.5 Å². The number of nitrogens with zero attached hydrogens (tertiary/aromatic N) is 2. The molecule has 0 atom stereocenters. The Labute approximate surface area is 150 Å². The fraction of sp³-hybridized carbons (Fsp3) is 0.158. The van der Waals surface area contributed by atoms with Crippen molar-refractivity contribution in [3.63, 3.8) is 0 Å². The largest absolute Gasteiger partial charge is 0.354 e. The molecule has 3 rings (SSSR count). The topological polar surface area (TPSA) is 49.8 Å². The molecule has 4 nitrogen and oxygen atoms in total. The van der Waals surface area contributed by atoms with Gasteiger partial charge in [-0.25, -0.2) is 4.98 Å². The monoisotopic (exact) mass is 382 g/mol. The summed E-state index contributed by atoms with van der Waals surface area (Å²) in [5.41, 5.74) is 2.35. The summed E-state index contributed by atoms with van der Waals surface area (Å²) in [6.45, 7) is 0.844. The smallest absolute Gasteiger partial charge is 0.224 e. The van der Waals surface area contributed by atoms with Gasteiger partial charge in [-0.2, -0.15) is 4.98 Å². The molecular formula is C19H19BrN4. The normalized spacial score (nSPS) is 10.4. The molecule has 0 aliphatic heterocycles. The molecule has 0 spiro atoms. The van der Waals surface area contributed by atoms with Gasteiger partial charge in [-0.05, 0) is 48.7 Å². The van der Waals surface area contributed by atoms with Crippen LogP contribution in [-0.4, -0.2) is 16.5 Å². The van der Waals surface area contributed by atoms with Crippen LogP contribution in [0, 0.1) is 0 Å². The van der Waals surface area contributed by atoms with E-state index in [1.165, 1.54) is 5.56 Å². The maximum absolute atomic E-state index is 4.49. The minimum Gasteiger partial charge on any atom is -0.354 e. The van der Waals surface area contributed by atoms with E-state index in [4.69, 9.17) is 0 Å². The van der Waals surface area contributed by atoms with Gasteiger partial charge in [-0.15, -0.1) is 0 Å². The Morgan fingerprint density at radius 2 is 1.71 bits per heavy atom. The Balaban J connectivity index is 1.50. The molecule has 0 saturated heterocycles. The van der Waals surface area contributed by atoms with Gasteiger partial charge in [0.25, 0.3) is 0 Å². The predicted molar refractivity (Wildman–Crippen MR) is 103 cm³/mol. The maximum Gasteiger partial charge on any atom is 0.224 e. The van der Waals surface area contributed by atoms with Crippen molar-refractivity contribution in [2.75, 3.05) is 17.2 Å². The lowest BCUT2D eigenvalue weighted by atomic mass is 10.1. The van der Waals surface area contributed by atoms with Crippen molar-refractivity contribution in [3.05, 3.63) is 76.9 Å². The number of halogens is 1. The molecule has 0 fully saturated rings. The summed E-state index contributed by atoms with van der Waals surface area (Å²) in [5.74, 6) is 1.42. The predicted octanol–water partition coefficient (Wildman–Crippen LogP) is 5.03. The molecule has 0 saturated carbocycles. The molecule has 0 bridgehead atoms. The lowest BCUT2D eigenvalue weighted by Crippen LogP contribution is -2.07. The van der Waals surface area contributed by atoms with Crippen LogP contribution in [0.5, 0.6) is 0 Å². The van der Waals surface area contributed by atoms with Crippen LogP contribution in [0.2, 0.25) is 0 Å². The van der Waals surface area contributed by atoms with Crippen molar-refractivity contribution in [1.82, 2.24) is 9.97 Å². The number of aromatic nitrogens is 2. The van der Waals surface area contributed by atoms with E-state index in [0.717, 1.165) is 35.4 Å². The van der Waals surface area contributed by atoms with E-state index in [9.17, 15) is 0 Å². The second-order valence-electron chi connectivity index (χ2n) is 5.41. The second-order valence-corrected chi connectivity index (χ2v) is 6.33. The highest BCUT2D eigenvalue weighted by Gasteiger charge is 2.00. The van der Waals surface area contributed by atoms with E-state index in [1.807, 2.05) is 36.4 Å². The Kier molecular flexibility index (Phi) is 5.80. The van der Waals surface area contributed by atoms with Gasteiger partial charge in [0.2, 0.25) is 5.95 Å². The van der Waals surface area contributed by atoms with Crippen LogP contribution in [-0.2, 0) is 6.42 Å². The third kappa shape index (κ3) is 5.06. The Hall–Kier alpha value is -2.40. The SMILES string of the molecule is Brc1ccc(Nc2ccnc(NCCCc3ccccc3)n2)cc1. The molecule has 1 heterocycles. The number of benzene rings is 2. The first-order valence-corrected chi connectivity index (χ1v) is 8.72. The maximum atomic E-state index is 4.49. The van der Waals surface area contributed by atoms with Crippen LogP contribution in [0.15, 0.2) is 71.3 Å². The highest BCUT2D eigenvalue weighted by molar-refractivity contribution is 9.10. The molecular weight excluding hydrogens is 364 g/mol. The first-order chi connectivity index (χ1) is 11.8. The van der Waals surface area contributed by atoms with E-state index in [0.29, 0.717) is 5.95 Å². The van der Waals surface area contributed by atoms with E-state index < -0.39 is 0 Å². The van der Waals surface area contributed by atoms with Gasteiger partial charge in [-0.1, -0.05) is 46.3 Å². The minimum absolute atomic E-state index is 0.644. The number of hydrogen-bond donors (Lipinski definition) is 2. The fourth-order valence-corrected chi connectivity index (χ4v) is 2.60. The summed E-state index contributed by atoms with van der Waals surface area (Å²) in [6.07, 6.45) is 3.84. The molecule has 1 aromatic heterocycles. The summed E-state index contributed by atoms with van der Waals surface area (Å²) in [5, 5.41) is 6.56. The van der Waals surface area contributed by atoms with Gasteiger partial charge < -0.3 is 10.6 Å². The molecule has 0 aliphatic rings. The van der Waals surface area contributed by atoms with Crippen LogP contribution in [0.3, 0.4) is 0 Å². The Bertz CT molecular complexity index is 760. The third-order valence-corrected chi connectivity index (χ3v) is 4.07. The number of rotatable bonds is 7. The van der Waals surface area contributed by atoms with Crippen LogP contribution in [0.1, 0.15) is 12.0 Å². The van der Waals surface area contributed by atoms with Crippen molar-refractivity contribution in [3.8, 4) is 0 Å². The average Bonchev–Trinajstić information content (AvgIpc) is 2.62. The van der Waals surface area contributed by atoms with Gasteiger partial charge in [0.15, 0.2) is 0 Å². The van der Waals surface area contributed by atoms with Gasteiger partial charge in [-0.3, -0.25) is 0 Å². The molecule has 3 aromatic rings. The molecule has 0 aliphatic carbocycles. The molecule has 0 amide bonds. The summed E-state index contributed by atoms with van der Waals surface area (Å²) in [4.78, 5) is 8.76. The highest BCUT2D eigenvalue weighted by Crippen LogP contribution is 2.18. The minimum atomic E-state index is 0.644. The van der Waals surface area contributed by atoms with Crippen molar-refractivity contribution in [1.29, 1.82) is 0 Å². The average molecular weight is 383 g/mol. The number of anilines is 3. The van der Waals surface area contributed by atoms with Gasteiger partial charge >= 0.3 is 0 Å². The zero-order valence-corrected chi connectivity index (χ0v) is 14.8. The van der Waals surface area contributed by atoms with E-state index in [2.05, 4.69) is 60.8 Å². The fourth-order valence-electron chi connectivity index (χ4n) is 2.33. The first kappa shape index (κ1) is 16.5. The lowest BCUT2D eigenvalue weighted by Gasteiger charge is -2.08. The van der Waals surface area contributed by atoms with Crippen molar-refractivity contribution in [2.24, 2.45) is 0 Å². The summed E-state index contributed by atoms with van der Waals surface area (Å²) in [6, 6.07) is 20.3. The Morgan fingerprint density at radius 3 is 2.50 bits per heavy atom. The van der Waals surface area contributed by atoms with Crippen molar-refractivity contribution < 1.29 is 0 Å². The second kappa shape index (κ2) is 8.45. The molecule has 24 heavy (non-hydrogen) atoms. The van der Waals surface area contributed by atoms with Crippen molar-refractivity contribution in [2.45, 2.75) is 12.8 Å². The number of nitrogens with one attached hydrogen (secondary N) is 2. The standard InChI is InChI=1S/C19H19BrN4/c20-16-8-10-17(11-9-16)23-18-12-14-22-19(24-18)21-13-4-7-15-5-2-1-3-6-15/h1-3,5-6,8-12,14H,4,7,13H2,(H2,21,22,23,24). The summed E-state index contributed by atoms with van der Waals surface area (Å²) < 4.78 is 1.05. The quantitative estimate of drug-likeness (QED) is 0.562. The zero-order valence-electron chi connectivity index (χ0n) is 13.2. The Morgan fingerprint density at radius 1 is 0.917 bits per heavy atom. The molecule has 5 heteroatoms. The molecule has 0 unspecified atom stereocenters. The van der Waals surface area contributed by atoms with E-state index >= 15 is 0 Å². The highest BCUT2D eigenvalue weighted by atomic mass is 79.9. The van der Waals surface area contributed by atoms with Crippen molar-refractivity contribution >= 4 is 33.4 Å². The van der Waals surface area contributed by atoms with Crippen LogP contribution >= 0.6 is 15.9 Å². The molecule has 0 radical (unpaired) electrons.